The van der Waals surface area contributed by atoms with Crippen molar-refractivity contribution < 1.29 is 14.6 Å². The van der Waals surface area contributed by atoms with Crippen molar-refractivity contribution >= 4 is 23.4 Å². The molecule has 122 valence electrons. The number of nitrogens with zero attached hydrogens (tertiary/aromatic N) is 1. The molecule has 6 heteroatoms. The standard InChI is InChI=1S/C16H23ClN2O3/c1-15(2,3)22-14(20)19-12-10-18-13(17)9-11(12)16(21)7-5-4-6-8-16/h9-10,21H,4-8H2,1-3H3,(H,19,20). The molecule has 1 heterocycles. The minimum Gasteiger partial charge on any atom is -0.444 e. The molecule has 0 radical (unpaired) electrons. The molecule has 0 aliphatic heterocycles. The molecular formula is C16H23ClN2O3. The van der Waals surface area contributed by atoms with E-state index in [4.69, 9.17) is 16.3 Å². The Kier molecular flexibility index (Phi) is 4.97. The van der Waals surface area contributed by atoms with Crippen LogP contribution in [0, 0.1) is 0 Å². The van der Waals surface area contributed by atoms with Gasteiger partial charge >= 0.3 is 6.09 Å². The lowest BCUT2D eigenvalue weighted by Gasteiger charge is -2.34. The summed E-state index contributed by atoms with van der Waals surface area (Å²) < 4.78 is 5.25. The summed E-state index contributed by atoms with van der Waals surface area (Å²) in [7, 11) is 0. The van der Waals surface area contributed by atoms with Gasteiger partial charge in [0, 0.05) is 5.56 Å². The second-order valence-electron chi connectivity index (χ2n) is 6.77. The van der Waals surface area contributed by atoms with E-state index in [1.807, 2.05) is 0 Å². The van der Waals surface area contributed by atoms with Gasteiger partial charge < -0.3 is 9.84 Å². The zero-order valence-electron chi connectivity index (χ0n) is 13.3. The van der Waals surface area contributed by atoms with Crippen molar-refractivity contribution in [3.05, 3.63) is 23.0 Å². The maximum Gasteiger partial charge on any atom is 0.412 e. The average Bonchev–Trinajstić information content (AvgIpc) is 2.39. The van der Waals surface area contributed by atoms with E-state index < -0.39 is 17.3 Å². The quantitative estimate of drug-likeness (QED) is 0.798. The Bertz CT molecular complexity index is 549. The molecule has 1 aromatic rings. The van der Waals surface area contributed by atoms with Crippen molar-refractivity contribution in [2.45, 2.75) is 64.1 Å². The van der Waals surface area contributed by atoms with Crippen molar-refractivity contribution in [3.63, 3.8) is 0 Å². The van der Waals surface area contributed by atoms with Gasteiger partial charge in [-0.15, -0.1) is 0 Å². The van der Waals surface area contributed by atoms with Crippen LogP contribution >= 0.6 is 11.6 Å². The molecule has 0 unspecified atom stereocenters. The highest BCUT2D eigenvalue weighted by Gasteiger charge is 2.34. The molecular weight excluding hydrogens is 304 g/mol. The Morgan fingerprint density at radius 3 is 2.59 bits per heavy atom. The fraction of sp³-hybridized carbons (Fsp3) is 0.625. The van der Waals surface area contributed by atoms with Crippen LogP contribution in [-0.4, -0.2) is 21.8 Å². The van der Waals surface area contributed by atoms with Crippen LogP contribution < -0.4 is 5.32 Å². The van der Waals surface area contributed by atoms with Gasteiger partial charge in [0.1, 0.15) is 10.8 Å². The highest BCUT2D eigenvalue weighted by atomic mass is 35.5. The second kappa shape index (κ2) is 6.42. The van der Waals surface area contributed by atoms with E-state index in [0.29, 0.717) is 29.2 Å². The van der Waals surface area contributed by atoms with Crippen molar-refractivity contribution in [1.82, 2.24) is 4.98 Å². The molecule has 1 amide bonds. The summed E-state index contributed by atoms with van der Waals surface area (Å²) in [4.78, 5) is 16.0. The number of ether oxygens (including phenoxy) is 1. The number of halogens is 1. The smallest absolute Gasteiger partial charge is 0.412 e. The van der Waals surface area contributed by atoms with Gasteiger partial charge in [0.05, 0.1) is 17.5 Å². The van der Waals surface area contributed by atoms with E-state index in [9.17, 15) is 9.90 Å². The molecule has 2 rings (SSSR count). The van der Waals surface area contributed by atoms with Gasteiger partial charge in [-0.05, 0) is 39.7 Å². The number of nitrogens with one attached hydrogen (secondary N) is 1. The fourth-order valence-corrected chi connectivity index (χ4v) is 2.89. The van der Waals surface area contributed by atoms with Crippen LogP contribution in [0.25, 0.3) is 0 Å². The van der Waals surface area contributed by atoms with Gasteiger partial charge in [0.15, 0.2) is 0 Å². The maximum absolute atomic E-state index is 12.0. The minimum absolute atomic E-state index is 0.295. The molecule has 1 aliphatic carbocycles. The van der Waals surface area contributed by atoms with Crippen LogP contribution in [0.1, 0.15) is 58.4 Å². The number of anilines is 1. The van der Waals surface area contributed by atoms with Gasteiger partial charge in [-0.1, -0.05) is 30.9 Å². The summed E-state index contributed by atoms with van der Waals surface area (Å²) in [5, 5.41) is 13.9. The van der Waals surface area contributed by atoms with E-state index >= 15 is 0 Å². The molecule has 0 spiro atoms. The number of aliphatic hydroxyl groups is 1. The maximum atomic E-state index is 12.0. The number of hydrogen-bond donors (Lipinski definition) is 2. The number of rotatable bonds is 2. The molecule has 0 aromatic carbocycles. The lowest BCUT2D eigenvalue weighted by atomic mass is 9.79. The molecule has 5 nitrogen and oxygen atoms in total. The first kappa shape index (κ1) is 17.0. The number of hydrogen-bond acceptors (Lipinski definition) is 4. The van der Waals surface area contributed by atoms with Gasteiger partial charge in [0.2, 0.25) is 0 Å². The lowest BCUT2D eigenvalue weighted by Crippen LogP contribution is -2.32. The second-order valence-corrected chi connectivity index (χ2v) is 7.16. The van der Waals surface area contributed by atoms with Crippen molar-refractivity contribution in [2.24, 2.45) is 0 Å². The monoisotopic (exact) mass is 326 g/mol. The highest BCUT2D eigenvalue weighted by molar-refractivity contribution is 6.29. The first-order chi connectivity index (χ1) is 10.2. The minimum atomic E-state index is -0.977. The van der Waals surface area contributed by atoms with E-state index in [1.165, 1.54) is 6.20 Å². The third kappa shape index (κ3) is 4.34. The van der Waals surface area contributed by atoms with Gasteiger partial charge in [-0.2, -0.15) is 0 Å². The van der Waals surface area contributed by atoms with Gasteiger partial charge in [-0.25, -0.2) is 9.78 Å². The number of amides is 1. The van der Waals surface area contributed by atoms with Crippen LogP contribution in [-0.2, 0) is 10.3 Å². The first-order valence-corrected chi connectivity index (χ1v) is 7.96. The predicted octanol–water partition coefficient (Wildman–Crippen LogP) is 4.23. The molecule has 0 atom stereocenters. The van der Waals surface area contributed by atoms with Gasteiger partial charge in [-0.3, -0.25) is 5.32 Å². The molecule has 2 N–H and O–H groups in total. The molecule has 0 saturated heterocycles. The SMILES string of the molecule is CC(C)(C)OC(=O)Nc1cnc(Cl)cc1C1(O)CCCCC1. The van der Waals surface area contributed by atoms with E-state index in [2.05, 4.69) is 10.3 Å². The van der Waals surface area contributed by atoms with Crippen LogP contribution in [0.3, 0.4) is 0 Å². The topological polar surface area (TPSA) is 71.5 Å². The van der Waals surface area contributed by atoms with E-state index in [0.717, 1.165) is 19.3 Å². The molecule has 1 fully saturated rings. The van der Waals surface area contributed by atoms with Crippen molar-refractivity contribution in [2.75, 3.05) is 5.32 Å². The Hall–Kier alpha value is -1.33. The zero-order valence-corrected chi connectivity index (χ0v) is 14.0. The van der Waals surface area contributed by atoms with Crippen LogP contribution in [0.2, 0.25) is 5.15 Å². The molecule has 1 saturated carbocycles. The summed E-state index contributed by atoms with van der Waals surface area (Å²) in [6.07, 6.45) is 5.19. The van der Waals surface area contributed by atoms with Crippen LogP contribution in [0.4, 0.5) is 10.5 Å². The Morgan fingerprint density at radius 1 is 1.36 bits per heavy atom. The summed E-state index contributed by atoms with van der Waals surface area (Å²) in [5.74, 6) is 0. The molecule has 0 bridgehead atoms. The predicted molar refractivity (Wildman–Crippen MR) is 86.1 cm³/mol. The first-order valence-electron chi connectivity index (χ1n) is 7.58. The van der Waals surface area contributed by atoms with Crippen molar-refractivity contribution in [1.29, 1.82) is 0 Å². The summed E-state index contributed by atoms with van der Waals surface area (Å²) in [6.45, 7) is 5.38. The van der Waals surface area contributed by atoms with E-state index in [1.54, 1.807) is 26.8 Å². The number of carbonyl (C=O) groups is 1. The Labute approximate surface area is 136 Å². The lowest BCUT2D eigenvalue weighted by molar-refractivity contribution is -0.0000687. The van der Waals surface area contributed by atoms with Crippen LogP contribution in [0.5, 0.6) is 0 Å². The third-order valence-corrected chi connectivity index (χ3v) is 3.89. The average molecular weight is 327 g/mol. The molecule has 1 aliphatic rings. The van der Waals surface area contributed by atoms with E-state index in [-0.39, 0.29) is 0 Å². The van der Waals surface area contributed by atoms with Crippen LogP contribution in [0.15, 0.2) is 12.3 Å². The number of carbonyl (C=O) groups excluding carboxylic acids is 1. The largest absolute Gasteiger partial charge is 0.444 e. The summed E-state index contributed by atoms with van der Waals surface area (Å²) in [5.41, 5.74) is -0.512. The summed E-state index contributed by atoms with van der Waals surface area (Å²) >= 11 is 5.97. The summed E-state index contributed by atoms with van der Waals surface area (Å²) in [6, 6.07) is 1.62. The Balaban J connectivity index is 2.26. The third-order valence-electron chi connectivity index (χ3n) is 3.69. The number of pyridine rings is 1. The molecule has 22 heavy (non-hydrogen) atoms. The zero-order chi connectivity index (χ0) is 16.4. The number of aromatic nitrogens is 1. The van der Waals surface area contributed by atoms with Gasteiger partial charge in [0.25, 0.3) is 0 Å². The Morgan fingerprint density at radius 2 is 2.00 bits per heavy atom. The normalized spacial score (nSPS) is 17.9. The van der Waals surface area contributed by atoms with Crippen molar-refractivity contribution in [3.8, 4) is 0 Å². The highest BCUT2D eigenvalue weighted by Crippen LogP contribution is 2.40. The molecule has 1 aromatic heterocycles. The fourth-order valence-electron chi connectivity index (χ4n) is 2.73.